The summed E-state index contributed by atoms with van der Waals surface area (Å²) in [6.45, 7) is 0. The minimum absolute atomic E-state index is 0.959. The highest BCUT2D eigenvalue weighted by Gasteiger charge is 2.16. The topological polar surface area (TPSA) is 9.23 Å². The Kier molecular flexibility index (Phi) is 5.28. The molecular formula is C21H22OSi. The molecule has 3 aromatic carbocycles. The number of benzene rings is 3. The number of methoxy groups -OCH3 is 1. The van der Waals surface area contributed by atoms with Gasteiger partial charge in [-0.3, -0.25) is 0 Å². The number of hydrogen-bond donors (Lipinski definition) is 0. The Bertz CT molecular complexity index is 684. The zero-order valence-electron chi connectivity index (χ0n) is 13.5. The maximum Gasteiger partial charge on any atom is 0.118 e. The van der Waals surface area contributed by atoms with Crippen LogP contribution in [0, 0.1) is 0 Å². The Balaban J connectivity index is 1.88. The lowest BCUT2D eigenvalue weighted by atomic mass is 10.2. The average Bonchev–Trinajstić information content (AvgIpc) is 2.63. The zero-order valence-corrected chi connectivity index (χ0v) is 14.6. The van der Waals surface area contributed by atoms with Crippen molar-refractivity contribution >= 4 is 14.0 Å². The molecule has 0 aromatic heterocycles. The third-order valence-corrected chi connectivity index (χ3v) is 7.45. The molecule has 116 valence electrons. The van der Waals surface area contributed by atoms with Crippen molar-refractivity contribution in [3.63, 3.8) is 0 Å². The number of rotatable bonds is 6. The smallest absolute Gasteiger partial charge is 0.118 e. The Labute approximate surface area is 140 Å². The third kappa shape index (κ3) is 4.33. The highest BCUT2D eigenvalue weighted by atomic mass is 28.3. The predicted octanol–water partition coefficient (Wildman–Crippen LogP) is 3.69. The lowest BCUT2D eigenvalue weighted by Gasteiger charge is -2.17. The molecule has 0 N–H and O–H groups in total. The van der Waals surface area contributed by atoms with Crippen molar-refractivity contribution in [2.75, 3.05) is 7.11 Å². The molecule has 3 rings (SSSR count). The minimum atomic E-state index is -1.17. The van der Waals surface area contributed by atoms with Crippen molar-refractivity contribution in [1.29, 1.82) is 0 Å². The molecule has 0 atom stereocenters. The molecule has 0 fully saturated rings. The molecule has 3 aromatic rings. The van der Waals surface area contributed by atoms with Gasteiger partial charge in [0.05, 0.1) is 15.9 Å². The van der Waals surface area contributed by atoms with E-state index in [1.807, 2.05) is 6.07 Å². The Hall–Kier alpha value is -2.32. The van der Waals surface area contributed by atoms with Crippen LogP contribution >= 0.6 is 0 Å². The lowest BCUT2D eigenvalue weighted by molar-refractivity contribution is 0.415. The standard InChI is InChI=1S/C21H22OSi/c1-22-20-13-8-14-21(15-20)23(16-18-9-4-2-5-10-18)17-19-11-6-3-7-12-19/h2-15,23H,16-17H2,1H3. The van der Waals surface area contributed by atoms with E-state index in [1.165, 1.54) is 28.4 Å². The molecule has 0 amide bonds. The van der Waals surface area contributed by atoms with E-state index in [4.69, 9.17) is 4.74 Å². The summed E-state index contributed by atoms with van der Waals surface area (Å²) in [7, 11) is 0.573. The summed E-state index contributed by atoms with van der Waals surface area (Å²) in [4.78, 5) is 0. The molecule has 2 heteroatoms. The van der Waals surface area contributed by atoms with Gasteiger partial charge in [-0.2, -0.15) is 0 Å². The fourth-order valence-electron chi connectivity index (χ4n) is 3.00. The van der Waals surface area contributed by atoms with Crippen LogP contribution in [0.1, 0.15) is 11.1 Å². The molecule has 1 nitrogen and oxygen atoms in total. The van der Waals surface area contributed by atoms with E-state index < -0.39 is 8.80 Å². The molecule has 0 saturated heterocycles. The van der Waals surface area contributed by atoms with Crippen LogP contribution in [0.2, 0.25) is 0 Å². The lowest BCUT2D eigenvalue weighted by Crippen LogP contribution is -2.35. The molecule has 0 aliphatic carbocycles. The van der Waals surface area contributed by atoms with Gasteiger partial charge in [0.2, 0.25) is 0 Å². The molecular weight excluding hydrogens is 296 g/mol. The third-order valence-electron chi connectivity index (χ3n) is 4.22. The Morgan fingerprint density at radius 3 is 1.78 bits per heavy atom. The van der Waals surface area contributed by atoms with Crippen molar-refractivity contribution in [3.05, 3.63) is 96.1 Å². The predicted molar refractivity (Wildman–Crippen MR) is 100 cm³/mol. The Morgan fingerprint density at radius 2 is 1.26 bits per heavy atom. The van der Waals surface area contributed by atoms with Crippen LogP contribution in [0.3, 0.4) is 0 Å². The zero-order chi connectivity index (χ0) is 15.9. The van der Waals surface area contributed by atoms with Crippen molar-refractivity contribution in [2.45, 2.75) is 12.1 Å². The van der Waals surface area contributed by atoms with Gasteiger partial charge in [-0.05, 0) is 24.2 Å². The molecule has 0 unspecified atom stereocenters. The van der Waals surface area contributed by atoms with E-state index in [0.29, 0.717) is 0 Å². The van der Waals surface area contributed by atoms with E-state index in [-0.39, 0.29) is 0 Å². The summed E-state index contributed by atoms with van der Waals surface area (Å²) in [6.07, 6.45) is 0. The second kappa shape index (κ2) is 7.79. The monoisotopic (exact) mass is 318 g/mol. The first-order valence-electron chi connectivity index (χ1n) is 8.07. The van der Waals surface area contributed by atoms with E-state index in [2.05, 4.69) is 78.9 Å². The molecule has 0 saturated carbocycles. The SMILES string of the molecule is COc1cccc([SiH](Cc2ccccc2)Cc2ccccc2)c1. The van der Waals surface area contributed by atoms with Gasteiger partial charge in [0.15, 0.2) is 0 Å². The molecule has 0 heterocycles. The van der Waals surface area contributed by atoms with Crippen molar-refractivity contribution in [2.24, 2.45) is 0 Å². The second-order valence-corrected chi connectivity index (χ2v) is 8.73. The molecule has 0 radical (unpaired) electrons. The summed E-state index contributed by atoms with van der Waals surface area (Å²) in [5.74, 6) is 0.959. The minimum Gasteiger partial charge on any atom is -0.497 e. The van der Waals surface area contributed by atoms with Crippen molar-refractivity contribution in [3.8, 4) is 5.75 Å². The maximum absolute atomic E-state index is 5.43. The summed E-state index contributed by atoms with van der Waals surface area (Å²) in [5, 5.41) is 1.47. The largest absolute Gasteiger partial charge is 0.497 e. The van der Waals surface area contributed by atoms with Gasteiger partial charge in [0, 0.05) is 0 Å². The fourth-order valence-corrected chi connectivity index (χ4v) is 6.08. The summed E-state index contributed by atoms with van der Waals surface area (Å²) in [5.41, 5.74) is 2.87. The van der Waals surface area contributed by atoms with Crippen LogP contribution in [0.4, 0.5) is 0 Å². The molecule has 0 spiro atoms. The van der Waals surface area contributed by atoms with E-state index in [1.54, 1.807) is 7.11 Å². The first-order chi connectivity index (χ1) is 11.3. The van der Waals surface area contributed by atoms with Gasteiger partial charge in [0.1, 0.15) is 5.75 Å². The highest BCUT2D eigenvalue weighted by molar-refractivity contribution is 6.72. The molecule has 0 aliphatic heterocycles. The van der Waals surface area contributed by atoms with Gasteiger partial charge in [0.25, 0.3) is 0 Å². The van der Waals surface area contributed by atoms with E-state index >= 15 is 0 Å². The van der Waals surface area contributed by atoms with Crippen LogP contribution in [0.5, 0.6) is 5.75 Å². The first kappa shape index (κ1) is 15.6. The summed E-state index contributed by atoms with van der Waals surface area (Å²) >= 11 is 0. The maximum atomic E-state index is 5.43. The van der Waals surface area contributed by atoms with E-state index in [9.17, 15) is 0 Å². The Morgan fingerprint density at radius 1 is 0.696 bits per heavy atom. The molecule has 23 heavy (non-hydrogen) atoms. The van der Waals surface area contributed by atoms with Gasteiger partial charge in [-0.15, -0.1) is 0 Å². The summed E-state index contributed by atoms with van der Waals surface area (Å²) in [6, 6.07) is 32.6. The number of hydrogen-bond acceptors (Lipinski definition) is 1. The van der Waals surface area contributed by atoms with Crippen LogP contribution in [-0.2, 0) is 12.1 Å². The fraction of sp³-hybridized carbons (Fsp3) is 0.143. The normalized spacial score (nSPS) is 10.7. The molecule has 0 aliphatic rings. The van der Waals surface area contributed by atoms with Crippen LogP contribution in [-0.4, -0.2) is 15.9 Å². The van der Waals surface area contributed by atoms with Crippen LogP contribution in [0.25, 0.3) is 0 Å². The van der Waals surface area contributed by atoms with E-state index in [0.717, 1.165) is 5.75 Å². The van der Waals surface area contributed by atoms with Crippen molar-refractivity contribution < 1.29 is 4.74 Å². The van der Waals surface area contributed by atoms with Gasteiger partial charge >= 0.3 is 0 Å². The van der Waals surface area contributed by atoms with Gasteiger partial charge < -0.3 is 4.74 Å². The van der Waals surface area contributed by atoms with Crippen LogP contribution in [0.15, 0.2) is 84.9 Å². The highest BCUT2D eigenvalue weighted by Crippen LogP contribution is 2.12. The second-order valence-electron chi connectivity index (χ2n) is 5.85. The van der Waals surface area contributed by atoms with Crippen LogP contribution < -0.4 is 9.92 Å². The van der Waals surface area contributed by atoms with Gasteiger partial charge in [-0.25, -0.2) is 0 Å². The van der Waals surface area contributed by atoms with Gasteiger partial charge in [-0.1, -0.05) is 89.1 Å². The average molecular weight is 318 g/mol. The summed E-state index contributed by atoms with van der Waals surface area (Å²) < 4.78 is 5.43. The van der Waals surface area contributed by atoms with Crippen molar-refractivity contribution in [1.82, 2.24) is 0 Å². The quantitative estimate of drug-likeness (QED) is 0.630. The molecule has 0 bridgehead atoms. The number of ether oxygens (including phenoxy) is 1. The first-order valence-corrected chi connectivity index (χ1v) is 10.3.